The average molecular weight is 246 g/mol. The Labute approximate surface area is 110 Å². The summed E-state index contributed by atoms with van der Waals surface area (Å²) in [4.78, 5) is 11.5. The minimum absolute atomic E-state index is 0.0415. The van der Waals surface area contributed by atoms with Crippen molar-refractivity contribution < 1.29 is 4.79 Å². The van der Waals surface area contributed by atoms with E-state index in [9.17, 15) is 4.79 Å². The average Bonchev–Trinajstić information content (AvgIpc) is 2.37. The van der Waals surface area contributed by atoms with Gasteiger partial charge in [-0.15, -0.1) is 0 Å². The maximum atomic E-state index is 11.5. The van der Waals surface area contributed by atoms with Crippen LogP contribution < -0.4 is 5.32 Å². The maximum Gasteiger partial charge on any atom is 0.252 e. The smallest absolute Gasteiger partial charge is 0.252 e. The van der Waals surface area contributed by atoms with Gasteiger partial charge in [0.15, 0.2) is 0 Å². The fourth-order valence-electron chi connectivity index (χ4n) is 1.34. The number of amides is 1. The van der Waals surface area contributed by atoms with E-state index in [0.717, 1.165) is 0 Å². The molecule has 0 aliphatic rings. The van der Waals surface area contributed by atoms with Crippen LogP contribution in [0.2, 0.25) is 0 Å². The lowest BCUT2D eigenvalue weighted by Gasteiger charge is -2.18. The van der Waals surface area contributed by atoms with Crippen molar-refractivity contribution in [1.29, 1.82) is 5.26 Å². The molecule has 0 spiro atoms. The lowest BCUT2D eigenvalue weighted by atomic mass is 9.87. The summed E-state index contributed by atoms with van der Waals surface area (Å²) in [5.41, 5.74) is 1.86. The summed E-state index contributed by atoms with van der Waals surface area (Å²) in [6.45, 7) is 10.4. The molecule has 0 saturated carbocycles. The van der Waals surface area contributed by atoms with Gasteiger partial charge in [-0.1, -0.05) is 46.8 Å². The van der Waals surface area contributed by atoms with Gasteiger partial charge in [-0.25, -0.2) is 0 Å². The Kier molecular flexibility index (Phi) is 6.74. The Balaban J connectivity index is 0.00000137. The van der Waals surface area contributed by atoms with Crippen LogP contribution in [0.15, 0.2) is 24.3 Å². The molecule has 0 saturated heterocycles. The Morgan fingerprint density at radius 3 is 2.11 bits per heavy atom. The molecule has 0 radical (unpaired) electrons. The molecular formula is C15H22N2O. The summed E-state index contributed by atoms with van der Waals surface area (Å²) in [7, 11) is 0. The first-order chi connectivity index (χ1) is 8.45. The van der Waals surface area contributed by atoms with E-state index in [1.165, 1.54) is 5.56 Å². The van der Waals surface area contributed by atoms with Gasteiger partial charge in [-0.2, -0.15) is 5.26 Å². The third-order valence-corrected chi connectivity index (χ3v) is 2.34. The minimum Gasteiger partial charge on any atom is -0.339 e. The van der Waals surface area contributed by atoms with Crippen LogP contribution in [0.25, 0.3) is 0 Å². The second-order valence-electron chi connectivity index (χ2n) is 4.67. The number of carbonyl (C=O) groups excluding carboxylic acids is 1. The van der Waals surface area contributed by atoms with E-state index >= 15 is 0 Å². The Hall–Kier alpha value is -1.82. The van der Waals surface area contributed by atoms with Gasteiger partial charge >= 0.3 is 0 Å². The van der Waals surface area contributed by atoms with Gasteiger partial charge in [0.05, 0.1) is 6.07 Å². The number of hydrogen-bond acceptors (Lipinski definition) is 2. The van der Waals surface area contributed by atoms with Gasteiger partial charge in [0, 0.05) is 5.56 Å². The first-order valence-corrected chi connectivity index (χ1v) is 6.21. The van der Waals surface area contributed by atoms with Crippen molar-refractivity contribution in [3.8, 4) is 6.07 Å². The highest BCUT2D eigenvalue weighted by Crippen LogP contribution is 2.22. The topological polar surface area (TPSA) is 52.9 Å². The summed E-state index contributed by atoms with van der Waals surface area (Å²) >= 11 is 0. The number of hydrogen-bond donors (Lipinski definition) is 1. The van der Waals surface area contributed by atoms with Gasteiger partial charge in [0.2, 0.25) is 0 Å². The van der Waals surface area contributed by atoms with Crippen molar-refractivity contribution in [2.45, 2.75) is 40.0 Å². The third-order valence-electron chi connectivity index (χ3n) is 2.34. The molecule has 0 aliphatic heterocycles. The molecule has 1 amide bonds. The van der Waals surface area contributed by atoms with E-state index in [2.05, 4.69) is 26.1 Å². The lowest BCUT2D eigenvalue weighted by Crippen LogP contribution is -2.23. The second-order valence-corrected chi connectivity index (χ2v) is 4.67. The van der Waals surface area contributed by atoms with E-state index in [4.69, 9.17) is 5.26 Å². The molecular weight excluding hydrogens is 224 g/mol. The number of nitrogens with one attached hydrogen (secondary N) is 1. The molecule has 0 atom stereocenters. The normalized spacial score (nSPS) is 9.78. The van der Waals surface area contributed by atoms with E-state index in [0.29, 0.717) is 5.56 Å². The Bertz CT molecular complexity index is 408. The molecule has 98 valence electrons. The Morgan fingerprint density at radius 2 is 1.72 bits per heavy atom. The van der Waals surface area contributed by atoms with Gasteiger partial charge in [-0.05, 0) is 23.1 Å². The van der Waals surface area contributed by atoms with Crippen LogP contribution in [-0.2, 0) is 5.41 Å². The minimum atomic E-state index is -0.206. The number of nitriles is 1. The Morgan fingerprint density at radius 1 is 1.22 bits per heavy atom. The highest BCUT2D eigenvalue weighted by Gasteiger charge is 2.13. The van der Waals surface area contributed by atoms with Crippen molar-refractivity contribution in [2.75, 3.05) is 6.54 Å². The quantitative estimate of drug-likeness (QED) is 0.814. The summed E-state index contributed by atoms with van der Waals surface area (Å²) < 4.78 is 0. The van der Waals surface area contributed by atoms with Crippen molar-refractivity contribution in [2.24, 2.45) is 0 Å². The lowest BCUT2D eigenvalue weighted by molar-refractivity contribution is 0.0958. The van der Waals surface area contributed by atoms with Crippen LogP contribution in [-0.4, -0.2) is 12.5 Å². The van der Waals surface area contributed by atoms with Crippen LogP contribution in [0.4, 0.5) is 0 Å². The predicted octanol–water partition coefficient (Wildman–Crippen LogP) is 3.26. The van der Waals surface area contributed by atoms with Crippen molar-refractivity contribution in [3.63, 3.8) is 0 Å². The van der Waals surface area contributed by atoms with Crippen LogP contribution in [0.5, 0.6) is 0 Å². The molecule has 18 heavy (non-hydrogen) atoms. The number of nitrogens with zero attached hydrogens (tertiary/aromatic N) is 1. The van der Waals surface area contributed by atoms with Gasteiger partial charge in [-0.3, -0.25) is 4.79 Å². The van der Waals surface area contributed by atoms with Crippen LogP contribution >= 0.6 is 0 Å². The summed E-state index contributed by atoms with van der Waals surface area (Å²) in [5.74, 6) is -0.206. The zero-order valence-corrected chi connectivity index (χ0v) is 11.9. The molecule has 0 aliphatic carbocycles. The monoisotopic (exact) mass is 246 g/mol. The van der Waals surface area contributed by atoms with E-state index in [1.54, 1.807) is 12.1 Å². The van der Waals surface area contributed by atoms with E-state index in [-0.39, 0.29) is 17.9 Å². The van der Waals surface area contributed by atoms with Crippen LogP contribution in [0, 0.1) is 11.3 Å². The molecule has 0 heterocycles. The van der Waals surface area contributed by atoms with E-state index in [1.807, 2.05) is 32.0 Å². The molecule has 0 unspecified atom stereocenters. The first-order valence-electron chi connectivity index (χ1n) is 6.21. The second kappa shape index (κ2) is 7.50. The fraction of sp³-hybridized carbons (Fsp3) is 0.467. The molecule has 1 N–H and O–H groups in total. The molecule has 1 aromatic carbocycles. The number of carbonyl (C=O) groups is 1. The van der Waals surface area contributed by atoms with Gasteiger partial charge in [0.25, 0.3) is 5.91 Å². The fourth-order valence-corrected chi connectivity index (χ4v) is 1.34. The van der Waals surface area contributed by atoms with E-state index < -0.39 is 0 Å². The SMILES string of the molecule is CC.CC(C)(C)c1ccc(C(=O)NCC#N)cc1. The third kappa shape index (κ3) is 5.01. The van der Waals surface area contributed by atoms with Gasteiger partial charge < -0.3 is 5.32 Å². The molecule has 3 heteroatoms. The molecule has 3 nitrogen and oxygen atoms in total. The molecule has 0 bridgehead atoms. The standard InChI is InChI=1S/C13H16N2O.C2H6/c1-13(2,3)11-6-4-10(5-7-11)12(16)15-9-8-14;1-2/h4-7H,9H2,1-3H3,(H,15,16);1-2H3. The maximum absolute atomic E-state index is 11.5. The molecule has 1 rings (SSSR count). The highest BCUT2D eigenvalue weighted by atomic mass is 16.1. The van der Waals surface area contributed by atoms with Crippen molar-refractivity contribution >= 4 is 5.91 Å². The number of rotatable bonds is 2. The zero-order chi connectivity index (χ0) is 14.2. The molecule has 0 fully saturated rings. The van der Waals surface area contributed by atoms with Gasteiger partial charge in [0.1, 0.15) is 6.54 Å². The first kappa shape index (κ1) is 16.2. The van der Waals surface area contributed by atoms with Crippen molar-refractivity contribution in [1.82, 2.24) is 5.32 Å². The van der Waals surface area contributed by atoms with Crippen molar-refractivity contribution in [3.05, 3.63) is 35.4 Å². The molecule has 0 aromatic heterocycles. The highest BCUT2D eigenvalue weighted by molar-refractivity contribution is 5.94. The summed E-state index contributed by atoms with van der Waals surface area (Å²) in [6.07, 6.45) is 0. The molecule has 1 aromatic rings. The predicted molar refractivity (Wildman–Crippen MR) is 74.4 cm³/mol. The largest absolute Gasteiger partial charge is 0.339 e. The number of benzene rings is 1. The van der Waals surface area contributed by atoms with Crippen LogP contribution in [0.3, 0.4) is 0 Å². The zero-order valence-electron chi connectivity index (χ0n) is 11.9. The van der Waals surface area contributed by atoms with Crippen LogP contribution in [0.1, 0.15) is 50.5 Å². The summed E-state index contributed by atoms with van der Waals surface area (Å²) in [5, 5.41) is 10.9. The summed E-state index contributed by atoms with van der Waals surface area (Å²) in [6, 6.07) is 9.33.